The first-order chi connectivity index (χ1) is 5.49. The smallest absolute Gasteiger partial charge is 0.150 e. The summed E-state index contributed by atoms with van der Waals surface area (Å²) in [6.07, 6.45) is 3.53. The predicted molar refractivity (Wildman–Crippen MR) is 50.8 cm³/mol. The Bertz CT molecular complexity index is 217. The summed E-state index contributed by atoms with van der Waals surface area (Å²) in [4.78, 5) is 0. The van der Waals surface area contributed by atoms with Crippen molar-refractivity contribution in [3.05, 3.63) is 0 Å². The summed E-state index contributed by atoms with van der Waals surface area (Å²) < 4.78 is 21.6. The van der Waals surface area contributed by atoms with Crippen LogP contribution in [0.5, 0.6) is 0 Å². The summed E-state index contributed by atoms with van der Waals surface area (Å²) in [5, 5.41) is 0. The van der Waals surface area contributed by atoms with E-state index in [0.717, 1.165) is 12.3 Å². The topological polar surface area (TPSA) is 34.1 Å². The number of rotatable bonds is 4. The molecular weight excluding hydrogens is 172 g/mol. The lowest BCUT2D eigenvalue weighted by atomic mass is 10.0. The second-order valence-corrected chi connectivity index (χ2v) is 6.42. The molecule has 0 amide bonds. The van der Waals surface area contributed by atoms with Gasteiger partial charge in [-0.1, -0.05) is 26.7 Å². The third-order valence-corrected chi connectivity index (χ3v) is 4.33. The Hall–Kier alpha value is -0.0500. The Labute approximate surface area is 75.3 Å². The molecule has 0 spiro atoms. The van der Waals surface area contributed by atoms with Gasteiger partial charge in [0.1, 0.15) is 0 Å². The zero-order valence-electron chi connectivity index (χ0n) is 7.91. The zero-order valence-corrected chi connectivity index (χ0v) is 8.73. The molecule has 1 rings (SSSR count). The van der Waals surface area contributed by atoms with Gasteiger partial charge in [-0.05, 0) is 18.3 Å². The van der Waals surface area contributed by atoms with Gasteiger partial charge in [-0.2, -0.15) is 0 Å². The SMILES string of the molecule is CC(C)CCCC1CS(=O)(=O)C1. The van der Waals surface area contributed by atoms with Gasteiger partial charge in [0.2, 0.25) is 0 Å². The molecule has 12 heavy (non-hydrogen) atoms. The van der Waals surface area contributed by atoms with E-state index in [-0.39, 0.29) is 0 Å². The van der Waals surface area contributed by atoms with E-state index < -0.39 is 9.84 Å². The highest BCUT2D eigenvalue weighted by molar-refractivity contribution is 7.92. The fraction of sp³-hybridized carbons (Fsp3) is 1.00. The van der Waals surface area contributed by atoms with E-state index >= 15 is 0 Å². The molecule has 1 aliphatic rings. The fourth-order valence-corrected chi connectivity index (χ4v) is 3.32. The minimum Gasteiger partial charge on any atom is -0.229 e. The normalized spacial score (nSPS) is 22.6. The summed E-state index contributed by atoms with van der Waals surface area (Å²) in [7, 11) is -2.58. The largest absolute Gasteiger partial charge is 0.229 e. The standard InChI is InChI=1S/C9H18O2S/c1-8(2)4-3-5-9-6-12(10,11)7-9/h8-9H,3-7H2,1-2H3. The fourth-order valence-electron chi connectivity index (χ4n) is 1.65. The Morgan fingerprint density at radius 1 is 1.33 bits per heavy atom. The Morgan fingerprint density at radius 3 is 2.33 bits per heavy atom. The number of sulfone groups is 1. The first-order valence-electron chi connectivity index (χ1n) is 4.70. The van der Waals surface area contributed by atoms with Crippen molar-refractivity contribution >= 4 is 9.84 Å². The Balaban J connectivity index is 2.05. The maximum atomic E-state index is 10.8. The van der Waals surface area contributed by atoms with Gasteiger partial charge in [-0.15, -0.1) is 0 Å². The summed E-state index contributed by atoms with van der Waals surface area (Å²) >= 11 is 0. The van der Waals surface area contributed by atoms with Crippen LogP contribution in [0.1, 0.15) is 33.1 Å². The van der Waals surface area contributed by atoms with Crippen LogP contribution in [0.2, 0.25) is 0 Å². The van der Waals surface area contributed by atoms with Crippen LogP contribution in [0.4, 0.5) is 0 Å². The van der Waals surface area contributed by atoms with E-state index in [1.165, 1.54) is 12.8 Å². The molecule has 1 fully saturated rings. The Morgan fingerprint density at radius 2 is 1.92 bits per heavy atom. The average molecular weight is 190 g/mol. The van der Waals surface area contributed by atoms with Gasteiger partial charge in [0.05, 0.1) is 11.5 Å². The molecule has 0 N–H and O–H groups in total. The maximum absolute atomic E-state index is 10.8. The van der Waals surface area contributed by atoms with E-state index in [1.807, 2.05) is 0 Å². The van der Waals surface area contributed by atoms with Crippen LogP contribution in [-0.4, -0.2) is 19.9 Å². The van der Waals surface area contributed by atoms with Crippen LogP contribution < -0.4 is 0 Å². The lowest BCUT2D eigenvalue weighted by molar-refractivity contribution is 0.451. The van der Waals surface area contributed by atoms with E-state index in [9.17, 15) is 8.42 Å². The molecule has 1 heterocycles. The molecule has 3 heteroatoms. The second-order valence-electron chi connectivity index (χ2n) is 4.27. The van der Waals surface area contributed by atoms with Crippen molar-refractivity contribution in [1.29, 1.82) is 0 Å². The van der Waals surface area contributed by atoms with Crippen LogP contribution in [0.25, 0.3) is 0 Å². The molecule has 0 bridgehead atoms. The number of hydrogen-bond acceptors (Lipinski definition) is 2. The van der Waals surface area contributed by atoms with Crippen LogP contribution in [0.15, 0.2) is 0 Å². The van der Waals surface area contributed by atoms with Crippen LogP contribution in [0, 0.1) is 11.8 Å². The molecule has 0 aliphatic carbocycles. The molecule has 0 aromatic rings. The third kappa shape index (κ3) is 3.13. The van der Waals surface area contributed by atoms with E-state index in [2.05, 4.69) is 13.8 Å². The van der Waals surface area contributed by atoms with Gasteiger partial charge in [0.25, 0.3) is 0 Å². The molecule has 0 saturated carbocycles. The average Bonchev–Trinajstić information content (AvgIpc) is 1.82. The molecular formula is C9H18O2S. The number of hydrogen-bond donors (Lipinski definition) is 0. The third-order valence-electron chi connectivity index (χ3n) is 2.37. The maximum Gasteiger partial charge on any atom is 0.150 e. The molecule has 0 aromatic heterocycles. The minimum absolute atomic E-state index is 0.449. The molecule has 1 aliphatic heterocycles. The zero-order chi connectivity index (χ0) is 9.19. The summed E-state index contributed by atoms with van der Waals surface area (Å²) in [6.45, 7) is 4.41. The van der Waals surface area contributed by atoms with E-state index in [4.69, 9.17) is 0 Å². The summed E-state index contributed by atoms with van der Waals surface area (Å²) in [5.74, 6) is 2.13. The van der Waals surface area contributed by atoms with Crippen molar-refractivity contribution in [2.45, 2.75) is 33.1 Å². The van der Waals surface area contributed by atoms with Gasteiger partial charge in [-0.25, -0.2) is 8.42 Å². The van der Waals surface area contributed by atoms with Crippen LogP contribution >= 0.6 is 0 Å². The molecule has 0 radical (unpaired) electrons. The molecule has 1 saturated heterocycles. The van der Waals surface area contributed by atoms with Gasteiger partial charge >= 0.3 is 0 Å². The second kappa shape index (κ2) is 3.77. The van der Waals surface area contributed by atoms with Crippen LogP contribution in [0.3, 0.4) is 0 Å². The molecule has 0 atom stereocenters. The first-order valence-corrected chi connectivity index (χ1v) is 6.52. The van der Waals surface area contributed by atoms with Crippen molar-refractivity contribution in [2.24, 2.45) is 11.8 Å². The van der Waals surface area contributed by atoms with Gasteiger partial charge in [-0.3, -0.25) is 0 Å². The van der Waals surface area contributed by atoms with Crippen molar-refractivity contribution in [3.63, 3.8) is 0 Å². The molecule has 72 valence electrons. The lowest BCUT2D eigenvalue weighted by Gasteiger charge is -2.25. The van der Waals surface area contributed by atoms with Gasteiger partial charge in [0.15, 0.2) is 9.84 Å². The highest BCUT2D eigenvalue weighted by Crippen LogP contribution is 2.24. The highest BCUT2D eigenvalue weighted by Gasteiger charge is 2.32. The van der Waals surface area contributed by atoms with Gasteiger partial charge < -0.3 is 0 Å². The van der Waals surface area contributed by atoms with Crippen molar-refractivity contribution < 1.29 is 8.42 Å². The first kappa shape index (κ1) is 10.0. The monoisotopic (exact) mass is 190 g/mol. The van der Waals surface area contributed by atoms with Crippen molar-refractivity contribution in [2.75, 3.05) is 11.5 Å². The summed E-state index contributed by atoms with van der Waals surface area (Å²) in [5.41, 5.74) is 0. The summed E-state index contributed by atoms with van der Waals surface area (Å²) in [6, 6.07) is 0. The molecule has 0 aromatic carbocycles. The van der Waals surface area contributed by atoms with Crippen LogP contribution in [-0.2, 0) is 9.84 Å². The molecule has 0 unspecified atom stereocenters. The van der Waals surface area contributed by atoms with Crippen molar-refractivity contribution in [3.8, 4) is 0 Å². The predicted octanol–water partition coefficient (Wildman–Crippen LogP) is 1.86. The van der Waals surface area contributed by atoms with E-state index in [1.54, 1.807) is 0 Å². The molecule has 2 nitrogen and oxygen atoms in total. The Kier molecular flexibility index (Phi) is 3.16. The lowest BCUT2D eigenvalue weighted by Crippen LogP contribution is -2.36. The van der Waals surface area contributed by atoms with E-state index in [0.29, 0.717) is 17.4 Å². The van der Waals surface area contributed by atoms with Gasteiger partial charge in [0, 0.05) is 0 Å². The van der Waals surface area contributed by atoms with Crippen molar-refractivity contribution in [1.82, 2.24) is 0 Å². The highest BCUT2D eigenvalue weighted by atomic mass is 32.2. The minimum atomic E-state index is -2.58. The quantitative estimate of drug-likeness (QED) is 0.678.